The largest absolute Gasteiger partial charge is 0.337 e. The number of nitrogens with zero attached hydrogens (tertiary/aromatic N) is 4. The standard InChI is InChI=1S/C31H21N7O/c39-31(19-6-2-1-3-7-19)34-23-14-22(17-33-18-23)20-11-12-26-25(15-20)29(38-37-26)30-35-27-10-4-9-24(28(27)36-30)21-8-5-13-32-16-21/h1-18H,(H,34,39)(H,35,36)(H,37,38). The SMILES string of the molecule is O=C(Nc1cncc(-c2ccc3[nH]nc(-c4nc5c(-c6cccnc6)cccc5[nH]4)c3c2)c1)c1ccccc1. The van der Waals surface area contributed by atoms with Crippen LogP contribution in [0.2, 0.25) is 0 Å². The summed E-state index contributed by atoms with van der Waals surface area (Å²) < 4.78 is 0. The summed E-state index contributed by atoms with van der Waals surface area (Å²) in [5.74, 6) is 0.490. The quantitative estimate of drug-likeness (QED) is 0.247. The van der Waals surface area contributed by atoms with Gasteiger partial charge in [-0.2, -0.15) is 5.10 Å². The van der Waals surface area contributed by atoms with Crippen LogP contribution in [0.4, 0.5) is 5.69 Å². The highest BCUT2D eigenvalue weighted by molar-refractivity contribution is 6.04. The van der Waals surface area contributed by atoms with E-state index in [-0.39, 0.29) is 5.91 Å². The normalized spacial score (nSPS) is 11.2. The molecule has 0 atom stereocenters. The van der Waals surface area contributed by atoms with Gasteiger partial charge in [0.25, 0.3) is 5.91 Å². The number of carbonyl (C=O) groups is 1. The van der Waals surface area contributed by atoms with Gasteiger partial charge in [-0.3, -0.25) is 19.9 Å². The van der Waals surface area contributed by atoms with E-state index in [4.69, 9.17) is 4.98 Å². The summed E-state index contributed by atoms with van der Waals surface area (Å²) in [6.07, 6.45) is 7.01. The van der Waals surface area contributed by atoms with Gasteiger partial charge < -0.3 is 10.3 Å². The number of carbonyl (C=O) groups excluding carboxylic acids is 1. The zero-order valence-electron chi connectivity index (χ0n) is 20.6. The molecule has 0 aliphatic carbocycles. The number of nitrogens with one attached hydrogen (secondary N) is 3. The van der Waals surface area contributed by atoms with Crippen molar-refractivity contribution in [1.29, 1.82) is 0 Å². The van der Waals surface area contributed by atoms with Crippen LogP contribution in [0.1, 0.15) is 10.4 Å². The molecule has 0 bridgehead atoms. The Morgan fingerprint density at radius 3 is 2.51 bits per heavy atom. The fourth-order valence-electron chi connectivity index (χ4n) is 4.73. The van der Waals surface area contributed by atoms with Crippen LogP contribution in [-0.2, 0) is 0 Å². The van der Waals surface area contributed by atoms with Gasteiger partial charge in [0.2, 0.25) is 0 Å². The highest BCUT2D eigenvalue weighted by Gasteiger charge is 2.16. The molecule has 4 heterocycles. The molecule has 3 N–H and O–H groups in total. The molecule has 0 saturated heterocycles. The number of aromatic amines is 2. The van der Waals surface area contributed by atoms with E-state index in [2.05, 4.69) is 36.5 Å². The molecule has 7 aromatic rings. The molecule has 8 heteroatoms. The summed E-state index contributed by atoms with van der Waals surface area (Å²) in [7, 11) is 0. The van der Waals surface area contributed by atoms with Gasteiger partial charge in [0, 0.05) is 46.2 Å². The van der Waals surface area contributed by atoms with Gasteiger partial charge in [-0.25, -0.2) is 4.98 Å². The van der Waals surface area contributed by atoms with E-state index in [1.54, 1.807) is 30.7 Å². The van der Waals surface area contributed by atoms with Crippen LogP contribution in [0.3, 0.4) is 0 Å². The van der Waals surface area contributed by atoms with Gasteiger partial charge in [0.15, 0.2) is 5.82 Å². The van der Waals surface area contributed by atoms with Crippen molar-refractivity contribution in [3.63, 3.8) is 0 Å². The molecule has 186 valence electrons. The first-order valence-electron chi connectivity index (χ1n) is 12.4. The third kappa shape index (κ3) is 4.19. The lowest BCUT2D eigenvalue weighted by molar-refractivity contribution is 0.102. The second-order valence-corrected chi connectivity index (χ2v) is 9.14. The predicted octanol–water partition coefficient (Wildman–Crippen LogP) is 6.48. The maximum absolute atomic E-state index is 12.6. The van der Waals surface area contributed by atoms with Gasteiger partial charge >= 0.3 is 0 Å². The number of imidazole rings is 1. The monoisotopic (exact) mass is 507 g/mol. The zero-order chi connectivity index (χ0) is 26.2. The van der Waals surface area contributed by atoms with E-state index < -0.39 is 0 Å². The second-order valence-electron chi connectivity index (χ2n) is 9.14. The summed E-state index contributed by atoms with van der Waals surface area (Å²) in [6.45, 7) is 0. The van der Waals surface area contributed by atoms with Crippen LogP contribution in [0.5, 0.6) is 0 Å². The van der Waals surface area contributed by atoms with Crippen molar-refractivity contribution in [3.05, 3.63) is 115 Å². The molecule has 0 fully saturated rings. The minimum atomic E-state index is -0.183. The number of aromatic nitrogens is 6. The summed E-state index contributed by atoms with van der Waals surface area (Å²) >= 11 is 0. The Bertz CT molecular complexity index is 1960. The highest BCUT2D eigenvalue weighted by atomic mass is 16.1. The van der Waals surface area contributed by atoms with Crippen molar-refractivity contribution < 1.29 is 4.79 Å². The Kier molecular flexibility index (Phi) is 5.41. The number of H-pyrrole nitrogens is 2. The van der Waals surface area contributed by atoms with E-state index in [1.807, 2.05) is 72.9 Å². The Hall–Kier alpha value is -5.63. The van der Waals surface area contributed by atoms with Crippen molar-refractivity contribution in [3.8, 4) is 33.8 Å². The maximum atomic E-state index is 12.6. The molecule has 0 radical (unpaired) electrons. The topological polar surface area (TPSA) is 112 Å². The number of anilines is 1. The second kappa shape index (κ2) is 9.35. The fraction of sp³-hybridized carbons (Fsp3) is 0. The van der Waals surface area contributed by atoms with Crippen LogP contribution < -0.4 is 5.32 Å². The van der Waals surface area contributed by atoms with E-state index in [1.165, 1.54) is 0 Å². The molecule has 3 aromatic carbocycles. The molecular formula is C31H21N7O. The molecule has 0 saturated carbocycles. The first kappa shape index (κ1) is 22.6. The molecule has 1 amide bonds. The summed E-state index contributed by atoms with van der Waals surface area (Å²) in [5, 5.41) is 11.6. The number of para-hydroxylation sites is 1. The molecule has 8 nitrogen and oxygen atoms in total. The van der Waals surface area contributed by atoms with Crippen molar-refractivity contribution in [2.75, 3.05) is 5.32 Å². The molecule has 0 aliphatic rings. The maximum Gasteiger partial charge on any atom is 0.255 e. The Labute approximate surface area is 222 Å². The van der Waals surface area contributed by atoms with E-state index in [9.17, 15) is 4.79 Å². The smallest absolute Gasteiger partial charge is 0.255 e. The third-order valence-electron chi connectivity index (χ3n) is 6.64. The number of hydrogen-bond donors (Lipinski definition) is 3. The number of benzene rings is 3. The molecule has 0 aliphatic heterocycles. The van der Waals surface area contributed by atoms with Crippen molar-refractivity contribution in [2.45, 2.75) is 0 Å². The molecular weight excluding hydrogens is 486 g/mol. The predicted molar refractivity (Wildman–Crippen MR) is 152 cm³/mol. The number of fused-ring (bicyclic) bond motifs is 2. The summed E-state index contributed by atoms with van der Waals surface area (Å²) in [6, 6.07) is 27.1. The number of amides is 1. The number of hydrogen-bond acceptors (Lipinski definition) is 5. The lowest BCUT2D eigenvalue weighted by Crippen LogP contribution is -2.11. The van der Waals surface area contributed by atoms with Crippen LogP contribution in [0.15, 0.2) is 110 Å². The van der Waals surface area contributed by atoms with Gasteiger partial charge in [-0.1, -0.05) is 42.5 Å². The number of rotatable bonds is 5. The first-order valence-corrected chi connectivity index (χ1v) is 12.4. The molecule has 0 spiro atoms. The third-order valence-corrected chi connectivity index (χ3v) is 6.64. The minimum absolute atomic E-state index is 0.183. The number of pyridine rings is 2. The average Bonchev–Trinajstić information content (AvgIpc) is 3.62. The molecule has 4 aromatic heterocycles. The highest BCUT2D eigenvalue weighted by Crippen LogP contribution is 2.33. The molecule has 39 heavy (non-hydrogen) atoms. The summed E-state index contributed by atoms with van der Waals surface area (Å²) in [5.41, 5.74) is 8.43. The van der Waals surface area contributed by atoms with Crippen molar-refractivity contribution in [2.24, 2.45) is 0 Å². The van der Waals surface area contributed by atoms with Crippen molar-refractivity contribution in [1.82, 2.24) is 30.1 Å². The van der Waals surface area contributed by atoms with Crippen molar-refractivity contribution >= 4 is 33.5 Å². The van der Waals surface area contributed by atoms with Gasteiger partial charge in [0.1, 0.15) is 5.69 Å². The Morgan fingerprint density at radius 1 is 0.744 bits per heavy atom. The molecule has 0 unspecified atom stereocenters. The van der Waals surface area contributed by atoms with Crippen LogP contribution in [0, 0.1) is 0 Å². The van der Waals surface area contributed by atoms with Crippen LogP contribution >= 0.6 is 0 Å². The van der Waals surface area contributed by atoms with Crippen LogP contribution in [0.25, 0.3) is 55.7 Å². The fourth-order valence-corrected chi connectivity index (χ4v) is 4.73. The van der Waals surface area contributed by atoms with Gasteiger partial charge in [0.05, 0.1) is 28.4 Å². The van der Waals surface area contributed by atoms with E-state index in [0.717, 1.165) is 49.9 Å². The lowest BCUT2D eigenvalue weighted by Gasteiger charge is -2.08. The van der Waals surface area contributed by atoms with E-state index in [0.29, 0.717) is 17.1 Å². The minimum Gasteiger partial charge on any atom is -0.337 e. The molecule has 7 rings (SSSR count). The average molecular weight is 508 g/mol. The zero-order valence-corrected chi connectivity index (χ0v) is 20.6. The van der Waals surface area contributed by atoms with Gasteiger partial charge in [-0.15, -0.1) is 0 Å². The van der Waals surface area contributed by atoms with Gasteiger partial charge in [-0.05, 0) is 48.0 Å². The van der Waals surface area contributed by atoms with E-state index >= 15 is 0 Å². The summed E-state index contributed by atoms with van der Waals surface area (Å²) in [4.78, 5) is 29.6. The Balaban J connectivity index is 1.25. The Morgan fingerprint density at radius 2 is 1.64 bits per heavy atom. The lowest BCUT2D eigenvalue weighted by atomic mass is 10.0. The van der Waals surface area contributed by atoms with Crippen LogP contribution in [-0.4, -0.2) is 36.0 Å². The first-order chi connectivity index (χ1) is 19.2.